The van der Waals surface area contributed by atoms with E-state index in [0.29, 0.717) is 12.8 Å². The van der Waals surface area contributed by atoms with Gasteiger partial charge < -0.3 is 5.32 Å². The number of hydrogen-bond acceptors (Lipinski definition) is 7. The Morgan fingerprint density at radius 3 is 2.84 bits per heavy atom. The maximum Gasteiger partial charge on any atom is 0.348 e. The highest BCUT2D eigenvalue weighted by atomic mass is 35.5. The van der Waals surface area contributed by atoms with E-state index in [1.165, 1.54) is 0 Å². The molecule has 1 aromatic heterocycles. The third kappa shape index (κ3) is 2.92. The van der Waals surface area contributed by atoms with Crippen molar-refractivity contribution in [1.82, 2.24) is 9.97 Å². The first-order valence-electron chi connectivity index (χ1n) is 5.52. The molecule has 0 spiro atoms. The highest BCUT2D eigenvalue weighted by Gasteiger charge is 2.32. The van der Waals surface area contributed by atoms with Crippen molar-refractivity contribution in [3.8, 4) is 0 Å². The number of nitrogens with zero attached hydrogens (tertiary/aromatic N) is 3. The highest BCUT2D eigenvalue weighted by molar-refractivity contribution is 7.92. The maximum absolute atomic E-state index is 11.6. The Morgan fingerprint density at radius 1 is 1.53 bits per heavy atom. The number of anilines is 1. The first-order valence-corrected chi connectivity index (χ1v) is 7.61. The van der Waals surface area contributed by atoms with E-state index in [2.05, 4.69) is 15.3 Å². The van der Waals surface area contributed by atoms with Crippen molar-refractivity contribution in [3.05, 3.63) is 21.6 Å². The molecule has 19 heavy (non-hydrogen) atoms. The van der Waals surface area contributed by atoms with Gasteiger partial charge in [0.2, 0.25) is 11.0 Å². The standard InChI is InChI=1S/C9H11ClN4O4S/c10-8-7(14(15)16)9(13-5-12-8)11-4-6-2-1-3-19(6,17)18/h5-6H,1-4H2,(H,11,12,13). The zero-order chi connectivity index (χ0) is 14.0. The highest BCUT2D eigenvalue weighted by Crippen LogP contribution is 2.29. The molecule has 1 aliphatic heterocycles. The summed E-state index contributed by atoms with van der Waals surface area (Å²) in [4.78, 5) is 17.4. The number of hydrogen-bond donors (Lipinski definition) is 1. The third-order valence-corrected chi connectivity index (χ3v) is 5.47. The van der Waals surface area contributed by atoms with Gasteiger partial charge in [-0.25, -0.2) is 18.4 Å². The summed E-state index contributed by atoms with van der Waals surface area (Å²) in [5.74, 6) is 0.0958. The number of sulfone groups is 1. The van der Waals surface area contributed by atoms with Gasteiger partial charge in [0.15, 0.2) is 9.84 Å². The van der Waals surface area contributed by atoms with Crippen molar-refractivity contribution >= 4 is 32.9 Å². The van der Waals surface area contributed by atoms with Gasteiger partial charge in [0.05, 0.1) is 15.9 Å². The first-order chi connectivity index (χ1) is 8.92. The zero-order valence-electron chi connectivity index (χ0n) is 9.74. The lowest BCUT2D eigenvalue weighted by Crippen LogP contribution is -2.25. The smallest absolute Gasteiger partial charge is 0.348 e. The molecule has 2 rings (SSSR count). The molecular formula is C9H11ClN4O4S. The van der Waals surface area contributed by atoms with Gasteiger partial charge in [0, 0.05) is 6.54 Å². The fourth-order valence-electron chi connectivity index (χ4n) is 1.95. The van der Waals surface area contributed by atoms with Gasteiger partial charge in [-0.05, 0) is 12.8 Å². The van der Waals surface area contributed by atoms with Gasteiger partial charge in [-0.2, -0.15) is 0 Å². The summed E-state index contributed by atoms with van der Waals surface area (Å²) >= 11 is 5.62. The van der Waals surface area contributed by atoms with Gasteiger partial charge in [-0.3, -0.25) is 10.1 Å². The fourth-order valence-corrected chi connectivity index (χ4v) is 3.91. The third-order valence-electron chi connectivity index (χ3n) is 2.92. The molecule has 0 amide bonds. The van der Waals surface area contributed by atoms with E-state index < -0.39 is 25.7 Å². The maximum atomic E-state index is 11.6. The van der Waals surface area contributed by atoms with Crippen LogP contribution in [0.1, 0.15) is 12.8 Å². The largest absolute Gasteiger partial charge is 0.363 e. The Balaban J connectivity index is 2.16. The normalized spacial score (nSPS) is 21.2. The van der Waals surface area contributed by atoms with Crippen LogP contribution in [0.25, 0.3) is 0 Å². The van der Waals surface area contributed by atoms with Gasteiger partial charge >= 0.3 is 5.69 Å². The molecule has 1 fully saturated rings. The van der Waals surface area contributed by atoms with Crippen LogP contribution >= 0.6 is 11.6 Å². The predicted octanol–water partition coefficient (Wildman–Crippen LogP) is 1.03. The molecule has 0 saturated carbocycles. The van der Waals surface area contributed by atoms with E-state index in [-0.39, 0.29) is 23.3 Å². The number of aromatic nitrogens is 2. The molecule has 1 saturated heterocycles. The van der Waals surface area contributed by atoms with Gasteiger partial charge in [-0.15, -0.1) is 0 Å². The summed E-state index contributed by atoms with van der Waals surface area (Å²) in [5.41, 5.74) is -0.445. The SMILES string of the molecule is O=[N+]([O-])c1c(Cl)ncnc1NCC1CCCS1(=O)=O. The number of halogens is 1. The molecule has 0 aromatic carbocycles. The van der Waals surface area contributed by atoms with Crippen LogP contribution in [0.4, 0.5) is 11.5 Å². The average Bonchev–Trinajstić information content (AvgIpc) is 2.65. The quantitative estimate of drug-likeness (QED) is 0.501. The first kappa shape index (κ1) is 13.9. The van der Waals surface area contributed by atoms with Crippen LogP contribution in [0.3, 0.4) is 0 Å². The fraction of sp³-hybridized carbons (Fsp3) is 0.556. The summed E-state index contributed by atoms with van der Waals surface area (Å²) in [7, 11) is -3.11. The van der Waals surface area contributed by atoms with E-state index in [0.717, 1.165) is 6.33 Å². The van der Waals surface area contributed by atoms with Gasteiger partial charge in [0.25, 0.3) is 0 Å². The second-order valence-electron chi connectivity index (χ2n) is 4.13. The predicted molar refractivity (Wildman–Crippen MR) is 69.0 cm³/mol. The molecule has 0 bridgehead atoms. The monoisotopic (exact) mass is 306 g/mol. The van der Waals surface area contributed by atoms with Crippen LogP contribution in [0.15, 0.2) is 6.33 Å². The molecule has 1 aromatic rings. The molecule has 10 heteroatoms. The molecule has 1 unspecified atom stereocenters. The Morgan fingerprint density at radius 2 is 2.26 bits per heavy atom. The van der Waals surface area contributed by atoms with E-state index in [9.17, 15) is 18.5 Å². The molecular weight excluding hydrogens is 296 g/mol. The minimum atomic E-state index is -3.11. The number of nitro groups is 1. The second-order valence-corrected chi connectivity index (χ2v) is 6.89. The van der Waals surface area contributed by atoms with Crippen molar-refractivity contribution < 1.29 is 13.3 Å². The van der Waals surface area contributed by atoms with Gasteiger partial charge in [-0.1, -0.05) is 11.6 Å². The summed E-state index contributed by atoms with van der Waals surface area (Å²) in [5, 5.41) is 12.7. The van der Waals surface area contributed by atoms with E-state index in [1.807, 2.05) is 0 Å². The zero-order valence-corrected chi connectivity index (χ0v) is 11.3. The van der Waals surface area contributed by atoms with Crippen LogP contribution < -0.4 is 5.32 Å². The van der Waals surface area contributed by atoms with Crippen LogP contribution in [0, 0.1) is 10.1 Å². The lowest BCUT2D eigenvalue weighted by molar-refractivity contribution is -0.384. The minimum absolute atomic E-state index is 0.0629. The topological polar surface area (TPSA) is 115 Å². The van der Waals surface area contributed by atoms with Crippen LogP contribution in [-0.4, -0.2) is 40.9 Å². The Kier molecular flexibility index (Phi) is 3.85. The average molecular weight is 307 g/mol. The molecule has 0 radical (unpaired) electrons. The Labute approximate surface area is 114 Å². The minimum Gasteiger partial charge on any atom is -0.363 e. The molecule has 8 nitrogen and oxygen atoms in total. The number of nitrogens with one attached hydrogen (secondary N) is 1. The van der Waals surface area contributed by atoms with E-state index in [1.54, 1.807) is 0 Å². The summed E-state index contributed by atoms with van der Waals surface area (Å²) < 4.78 is 23.3. The van der Waals surface area contributed by atoms with Crippen LogP contribution in [-0.2, 0) is 9.84 Å². The van der Waals surface area contributed by atoms with Crippen molar-refractivity contribution in [2.45, 2.75) is 18.1 Å². The summed E-state index contributed by atoms with van der Waals surface area (Å²) in [6, 6.07) is 0. The van der Waals surface area contributed by atoms with Crippen LogP contribution in [0.5, 0.6) is 0 Å². The van der Waals surface area contributed by atoms with Crippen molar-refractivity contribution in [3.63, 3.8) is 0 Å². The Bertz CT molecular complexity index is 606. The molecule has 1 aliphatic rings. The molecule has 104 valence electrons. The lowest BCUT2D eigenvalue weighted by Gasteiger charge is -2.11. The second kappa shape index (κ2) is 5.25. The lowest BCUT2D eigenvalue weighted by atomic mass is 10.2. The molecule has 1 N–H and O–H groups in total. The van der Waals surface area contributed by atoms with Crippen LogP contribution in [0.2, 0.25) is 5.15 Å². The number of rotatable bonds is 4. The van der Waals surface area contributed by atoms with E-state index in [4.69, 9.17) is 11.6 Å². The summed E-state index contributed by atoms with van der Waals surface area (Å²) in [6.45, 7) is 0.0799. The Hall–Kier alpha value is -1.48. The van der Waals surface area contributed by atoms with Crippen molar-refractivity contribution in [2.24, 2.45) is 0 Å². The molecule has 2 heterocycles. The molecule has 1 atom stereocenters. The van der Waals surface area contributed by atoms with Crippen molar-refractivity contribution in [1.29, 1.82) is 0 Å². The summed E-state index contributed by atoms with van der Waals surface area (Å²) in [6.07, 6.45) is 2.24. The van der Waals surface area contributed by atoms with E-state index >= 15 is 0 Å². The van der Waals surface area contributed by atoms with Crippen molar-refractivity contribution in [2.75, 3.05) is 17.6 Å². The molecule has 0 aliphatic carbocycles. The van der Waals surface area contributed by atoms with Gasteiger partial charge in [0.1, 0.15) is 6.33 Å².